The summed E-state index contributed by atoms with van der Waals surface area (Å²) in [5.74, 6) is 0. The molecular weight excluding hydrogens is 160 g/mol. The maximum Gasteiger partial charge on any atom is 0.111 e. The second-order valence-corrected chi connectivity index (χ2v) is 3.50. The first kappa shape index (κ1) is 8.71. The van der Waals surface area contributed by atoms with E-state index in [2.05, 4.69) is 0 Å². The molecule has 0 aliphatic heterocycles. The van der Waals surface area contributed by atoms with Crippen molar-refractivity contribution in [3.05, 3.63) is 22.4 Å². The van der Waals surface area contributed by atoms with Crippen LogP contribution in [0.4, 0.5) is 0 Å². The first-order chi connectivity index (χ1) is 5.17. The van der Waals surface area contributed by atoms with Gasteiger partial charge in [-0.2, -0.15) is 11.3 Å². The molecule has 0 spiro atoms. The molecule has 3 heteroatoms. The van der Waals surface area contributed by atoms with E-state index in [9.17, 15) is 5.11 Å². The summed E-state index contributed by atoms with van der Waals surface area (Å²) < 4.78 is 4.89. The van der Waals surface area contributed by atoms with E-state index in [1.807, 2.05) is 16.8 Å². The van der Waals surface area contributed by atoms with E-state index in [-0.39, 0.29) is 0 Å². The standard InChI is InChI=1S/C8H12O2S/c1-8(9,6-10-2)7-3-4-11-5-7/h3-5,9H,6H2,1-2H3. The molecular formula is C8H12O2S. The molecule has 0 bridgehead atoms. The molecule has 1 N–H and O–H groups in total. The Balaban J connectivity index is 2.73. The highest BCUT2D eigenvalue weighted by molar-refractivity contribution is 7.08. The van der Waals surface area contributed by atoms with Crippen molar-refractivity contribution in [1.29, 1.82) is 0 Å². The monoisotopic (exact) mass is 172 g/mol. The molecule has 1 unspecified atom stereocenters. The highest BCUT2D eigenvalue weighted by Gasteiger charge is 2.22. The quantitative estimate of drug-likeness (QED) is 0.750. The van der Waals surface area contributed by atoms with E-state index in [0.717, 1.165) is 5.56 Å². The number of methoxy groups -OCH3 is 1. The molecule has 2 nitrogen and oxygen atoms in total. The minimum atomic E-state index is -0.839. The van der Waals surface area contributed by atoms with E-state index < -0.39 is 5.60 Å². The SMILES string of the molecule is COCC(C)(O)c1ccsc1. The van der Waals surface area contributed by atoms with Gasteiger partial charge < -0.3 is 9.84 Å². The highest BCUT2D eigenvalue weighted by Crippen LogP contribution is 2.22. The van der Waals surface area contributed by atoms with Gasteiger partial charge in [0.05, 0.1) is 6.61 Å². The average molecular weight is 172 g/mol. The number of hydrogen-bond donors (Lipinski definition) is 1. The van der Waals surface area contributed by atoms with E-state index >= 15 is 0 Å². The van der Waals surface area contributed by atoms with Crippen LogP contribution in [-0.4, -0.2) is 18.8 Å². The highest BCUT2D eigenvalue weighted by atomic mass is 32.1. The molecule has 62 valence electrons. The summed E-state index contributed by atoms with van der Waals surface area (Å²) in [6.07, 6.45) is 0. The third-order valence-electron chi connectivity index (χ3n) is 1.57. The van der Waals surface area contributed by atoms with Crippen LogP contribution < -0.4 is 0 Å². The van der Waals surface area contributed by atoms with Crippen molar-refractivity contribution >= 4 is 11.3 Å². The van der Waals surface area contributed by atoms with Gasteiger partial charge in [0.15, 0.2) is 0 Å². The fraction of sp³-hybridized carbons (Fsp3) is 0.500. The zero-order valence-electron chi connectivity index (χ0n) is 6.70. The van der Waals surface area contributed by atoms with Crippen molar-refractivity contribution in [2.45, 2.75) is 12.5 Å². The van der Waals surface area contributed by atoms with Gasteiger partial charge in [0.25, 0.3) is 0 Å². The molecule has 0 saturated heterocycles. The molecule has 1 rings (SSSR count). The van der Waals surface area contributed by atoms with Crippen LogP contribution in [0, 0.1) is 0 Å². The second-order valence-electron chi connectivity index (χ2n) is 2.72. The van der Waals surface area contributed by atoms with E-state index in [4.69, 9.17) is 4.74 Å². The van der Waals surface area contributed by atoms with Crippen LogP contribution >= 0.6 is 11.3 Å². The molecule has 1 aromatic heterocycles. The van der Waals surface area contributed by atoms with Crippen molar-refractivity contribution in [2.75, 3.05) is 13.7 Å². The van der Waals surface area contributed by atoms with Gasteiger partial charge in [-0.15, -0.1) is 0 Å². The Morgan fingerprint density at radius 1 is 1.73 bits per heavy atom. The lowest BCUT2D eigenvalue weighted by molar-refractivity contribution is -0.0205. The maximum absolute atomic E-state index is 9.76. The van der Waals surface area contributed by atoms with Crippen LogP contribution in [-0.2, 0) is 10.3 Å². The maximum atomic E-state index is 9.76. The summed E-state index contributed by atoms with van der Waals surface area (Å²) in [4.78, 5) is 0. The van der Waals surface area contributed by atoms with Crippen LogP contribution in [0.15, 0.2) is 16.8 Å². The fourth-order valence-corrected chi connectivity index (χ4v) is 1.72. The zero-order chi connectivity index (χ0) is 8.32. The van der Waals surface area contributed by atoms with Crippen molar-refractivity contribution in [3.8, 4) is 0 Å². The molecule has 1 aromatic rings. The van der Waals surface area contributed by atoms with Gasteiger partial charge in [-0.25, -0.2) is 0 Å². The minimum Gasteiger partial charge on any atom is -0.383 e. The molecule has 0 aliphatic carbocycles. The van der Waals surface area contributed by atoms with Gasteiger partial charge in [-0.3, -0.25) is 0 Å². The smallest absolute Gasteiger partial charge is 0.111 e. The molecule has 11 heavy (non-hydrogen) atoms. The van der Waals surface area contributed by atoms with Gasteiger partial charge in [-0.1, -0.05) is 0 Å². The predicted molar refractivity (Wildman–Crippen MR) is 45.8 cm³/mol. The minimum absolute atomic E-state index is 0.337. The van der Waals surface area contributed by atoms with Crippen LogP contribution in [0.1, 0.15) is 12.5 Å². The predicted octanol–water partition coefficient (Wildman–Crippen LogP) is 1.60. The van der Waals surface area contributed by atoms with E-state index in [1.54, 1.807) is 25.4 Å². The summed E-state index contributed by atoms with van der Waals surface area (Å²) >= 11 is 1.58. The average Bonchev–Trinajstić information content (AvgIpc) is 2.37. The van der Waals surface area contributed by atoms with Crippen LogP contribution in [0.25, 0.3) is 0 Å². The van der Waals surface area contributed by atoms with Crippen LogP contribution in [0.5, 0.6) is 0 Å². The Hall–Kier alpha value is -0.380. The third-order valence-corrected chi connectivity index (χ3v) is 2.25. The Labute approximate surface area is 70.4 Å². The summed E-state index contributed by atoms with van der Waals surface area (Å²) in [5.41, 5.74) is 0.0822. The van der Waals surface area contributed by atoms with Crippen LogP contribution in [0.2, 0.25) is 0 Å². The largest absolute Gasteiger partial charge is 0.383 e. The molecule has 0 radical (unpaired) electrons. The molecule has 0 amide bonds. The number of aliphatic hydroxyl groups is 1. The summed E-state index contributed by atoms with van der Waals surface area (Å²) in [6, 6.07) is 1.91. The van der Waals surface area contributed by atoms with E-state index in [1.165, 1.54) is 0 Å². The molecule has 0 fully saturated rings. The number of rotatable bonds is 3. The Bertz CT molecular complexity index is 204. The van der Waals surface area contributed by atoms with Gasteiger partial charge in [-0.05, 0) is 29.3 Å². The van der Waals surface area contributed by atoms with Crippen molar-refractivity contribution in [1.82, 2.24) is 0 Å². The van der Waals surface area contributed by atoms with Gasteiger partial charge in [0, 0.05) is 7.11 Å². The summed E-state index contributed by atoms with van der Waals surface area (Å²) in [7, 11) is 1.58. The normalized spacial score (nSPS) is 16.3. The topological polar surface area (TPSA) is 29.5 Å². The van der Waals surface area contributed by atoms with Crippen molar-refractivity contribution in [2.24, 2.45) is 0 Å². The lowest BCUT2D eigenvalue weighted by Gasteiger charge is -2.20. The molecule has 0 saturated carbocycles. The van der Waals surface area contributed by atoms with E-state index in [0.29, 0.717) is 6.61 Å². The zero-order valence-corrected chi connectivity index (χ0v) is 7.52. The summed E-state index contributed by atoms with van der Waals surface area (Å²) in [5, 5.41) is 13.6. The summed E-state index contributed by atoms with van der Waals surface area (Å²) in [6.45, 7) is 2.09. The molecule has 0 aromatic carbocycles. The van der Waals surface area contributed by atoms with Gasteiger partial charge in [0.1, 0.15) is 5.60 Å². The van der Waals surface area contributed by atoms with Crippen LogP contribution in [0.3, 0.4) is 0 Å². The Morgan fingerprint density at radius 2 is 2.45 bits per heavy atom. The lowest BCUT2D eigenvalue weighted by Crippen LogP contribution is -2.26. The first-order valence-electron chi connectivity index (χ1n) is 3.41. The first-order valence-corrected chi connectivity index (χ1v) is 4.35. The molecule has 0 aliphatic rings. The molecule has 1 heterocycles. The van der Waals surface area contributed by atoms with Crippen molar-refractivity contribution in [3.63, 3.8) is 0 Å². The second kappa shape index (κ2) is 3.34. The van der Waals surface area contributed by atoms with Gasteiger partial charge >= 0.3 is 0 Å². The number of hydrogen-bond acceptors (Lipinski definition) is 3. The Kier molecular flexibility index (Phi) is 2.65. The fourth-order valence-electron chi connectivity index (χ4n) is 0.935. The number of ether oxygens (including phenoxy) is 1. The third kappa shape index (κ3) is 2.02. The number of thiophene rings is 1. The van der Waals surface area contributed by atoms with Crippen molar-refractivity contribution < 1.29 is 9.84 Å². The lowest BCUT2D eigenvalue weighted by atomic mass is 10.0. The molecule has 1 atom stereocenters. The Morgan fingerprint density at radius 3 is 2.91 bits per heavy atom. The van der Waals surface area contributed by atoms with Gasteiger partial charge in [0.2, 0.25) is 0 Å².